The number of benzene rings is 1. The van der Waals surface area contributed by atoms with E-state index in [-0.39, 0.29) is 11.6 Å². The van der Waals surface area contributed by atoms with Crippen LogP contribution in [-0.2, 0) is 19.4 Å². The molecular formula is C20H26N2O. The fourth-order valence-corrected chi connectivity index (χ4v) is 3.46. The molecule has 0 radical (unpaired) electrons. The van der Waals surface area contributed by atoms with Gasteiger partial charge in [-0.2, -0.15) is 0 Å². The number of hydrogen-bond donors (Lipinski definition) is 1. The summed E-state index contributed by atoms with van der Waals surface area (Å²) in [6, 6.07) is 9.93. The summed E-state index contributed by atoms with van der Waals surface area (Å²) in [6.07, 6.45) is 6.67. The largest absolute Gasteiger partial charge is 0.320 e. The molecule has 0 amide bonds. The Morgan fingerprint density at radius 1 is 1.13 bits per heavy atom. The van der Waals surface area contributed by atoms with Gasteiger partial charge in [-0.25, -0.2) is 0 Å². The molecule has 2 aromatic rings. The van der Waals surface area contributed by atoms with Crippen LogP contribution in [0.1, 0.15) is 55.0 Å². The maximum Gasteiger partial charge on any atom is 0.255 e. The molecule has 3 nitrogen and oxygen atoms in total. The average Bonchev–Trinajstić information content (AvgIpc) is 2.55. The van der Waals surface area contributed by atoms with Gasteiger partial charge in [0.1, 0.15) is 0 Å². The van der Waals surface area contributed by atoms with Gasteiger partial charge in [-0.05, 0) is 54.4 Å². The maximum atomic E-state index is 12.7. The maximum absolute atomic E-state index is 12.7. The quantitative estimate of drug-likeness (QED) is 0.940. The van der Waals surface area contributed by atoms with E-state index in [1.54, 1.807) is 4.57 Å². The van der Waals surface area contributed by atoms with Crippen LogP contribution in [0, 0.1) is 5.92 Å². The number of pyridine rings is 1. The van der Waals surface area contributed by atoms with Crippen LogP contribution in [0.15, 0.2) is 41.3 Å². The van der Waals surface area contributed by atoms with Gasteiger partial charge in [0, 0.05) is 18.3 Å². The normalized spacial score (nSPS) is 15.5. The summed E-state index contributed by atoms with van der Waals surface area (Å²) in [5.74, 6) is 0.433. The van der Waals surface area contributed by atoms with Crippen molar-refractivity contribution < 1.29 is 0 Å². The Balaban J connectivity index is 1.94. The first kappa shape index (κ1) is 16.0. The topological polar surface area (TPSA) is 48.0 Å². The summed E-state index contributed by atoms with van der Waals surface area (Å²) in [7, 11) is 0. The molecule has 2 N–H and O–H groups in total. The molecule has 1 aromatic heterocycles. The molecule has 3 heteroatoms. The van der Waals surface area contributed by atoms with Crippen molar-refractivity contribution in [2.45, 2.75) is 52.1 Å². The van der Waals surface area contributed by atoms with E-state index in [0.29, 0.717) is 11.5 Å². The van der Waals surface area contributed by atoms with Gasteiger partial charge in [0.05, 0.1) is 6.04 Å². The smallest absolute Gasteiger partial charge is 0.255 e. The molecule has 122 valence electrons. The standard InChI is InChI=1S/C20H26N2O/c1-14(2)13-22-11-5-8-18(20(22)23)19(21)17-10-9-15-6-3-4-7-16(15)12-17/h5,8-12,14,19H,3-4,6-7,13,21H2,1-2H3. The van der Waals surface area contributed by atoms with Gasteiger partial charge in [0.25, 0.3) is 5.56 Å². The number of nitrogens with two attached hydrogens (primary N) is 1. The van der Waals surface area contributed by atoms with Crippen LogP contribution in [0.2, 0.25) is 0 Å². The molecule has 3 rings (SSSR count). The minimum atomic E-state index is -0.352. The van der Waals surface area contributed by atoms with Crippen LogP contribution in [0.5, 0.6) is 0 Å². The lowest BCUT2D eigenvalue weighted by atomic mass is 9.88. The third-order valence-electron chi connectivity index (χ3n) is 4.68. The summed E-state index contributed by atoms with van der Waals surface area (Å²) in [5.41, 5.74) is 11.0. The van der Waals surface area contributed by atoms with Gasteiger partial charge in [-0.1, -0.05) is 38.1 Å². The molecular weight excluding hydrogens is 284 g/mol. The lowest BCUT2D eigenvalue weighted by molar-refractivity contribution is 0.507. The molecule has 0 spiro atoms. The Morgan fingerprint density at radius 2 is 1.87 bits per heavy atom. The van der Waals surface area contributed by atoms with Crippen molar-refractivity contribution >= 4 is 0 Å². The van der Waals surface area contributed by atoms with Gasteiger partial charge < -0.3 is 10.3 Å². The summed E-state index contributed by atoms with van der Waals surface area (Å²) in [4.78, 5) is 12.7. The third kappa shape index (κ3) is 3.40. The molecule has 1 aliphatic carbocycles. The van der Waals surface area contributed by atoms with Crippen LogP contribution in [0.3, 0.4) is 0 Å². The SMILES string of the molecule is CC(C)Cn1cccc(C(N)c2ccc3c(c2)CCCC3)c1=O. The van der Waals surface area contributed by atoms with E-state index in [1.165, 1.54) is 24.0 Å². The number of nitrogens with zero attached hydrogens (tertiary/aromatic N) is 1. The number of rotatable bonds is 4. The van der Waals surface area contributed by atoms with Gasteiger partial charge >= 0.3 is 0 Å². The van der Waals surface area contributed by atoms with Crippen molar-refractivity contribution in [2.75, 3.05) is 0 Å². The summed E-state index contributed by atoms with van der Waals surface area (Å²) < 4.78 is 1.78. The molecule has 1 aliphatic rings. The van der Waals surface area contributed by atoms with Gasteiger partial charge in [-0.15, -0.1) is 0 Å². The van der Waals surface area contributed by atoms with Crippen LogP contribution < -0.4 is 11.3 Å². The molecule has 1 unspecified atom stereocenters. The first-order valence-corrected chi connectivity index (χ1v) is 8.63. The molecule has 1 aromatic carbocycles. The molecule has 0 fully saturated rings. The van der Waals surface area contributed by atoms with Crippen molar-refractivity contribution in [3.63, 3.8) is 0 Å². The van der Waals surface area contributed by atoms with E-state index in [9.17, 15) is 4.79 Å². The van der Waals surface area contributed by atoms with Gasteiger partial charge in [0.15, 0.2) is 0 Å². The minimum absolute atomic E-state index is 0.0337. The number of hydrogen-bond acceptors (Lipinski definition) is 2. The van der Waals surface area contributed by atoms with Crippen molar-refractivity contribution in [3.05, 3.63) is 69.1 Å². The average molecular weight is 310 g/mol. The minimum Gasteiger partial charge on any atom is -0.320 e. The Bertz CT molecular complexity index is 746. The fourth-order valence-electron chi connectivity index (χ4n) is 3.46. The monoisotopic (exact) mass is 310 g/mol. The lowest BCUT2D eigenvalue weighted by Crippen LogP contribution is -2.29. The highest BCUT2D eigenvalue weighted by Gasteiger charge is 2.17. The van der Waals surface area contributed by atoms with Gasteiger partial charge in [0.2, 0.25) is 0 Å². The molecule has 0 saturated carbocycles. The van der Waals surface area contributed by atoms with Crippen molar-refractivity contribution in [1.29, 1.82) is 0 Å². The third-order valence-corrected chi connectivity index (χ3v) is 4.68. The molecule has 1 atom stereocenters. The first-order valence-electron chi connectivity index (χ1n) is 8.63. The second-order valence-electron chi connectivity index (χ2n) is 7.03. The first-order chi connectivity index (χ1) is 11.1. The van der Waals surface area contributed by atoms with Crippen LogP contribution in [-0.4, -0.2) is 4.57 Å². The zero-order valence-corrected chi connectivity index (χ0v) is 14.1. The summed E-state index contributed by atoms with van der Waals surface area (Å²) in [5, 5.41) is 0. The molecule has 0 aliphatic heterocycles. The zero-order chi connectivity index (χ0) is 16.4. The Kier molecular flexibility index (Phi) is 4.67. The van der Waals surface area contributed by atoms with E-state index in [0.717, 1.165) is 24.9 Å². The number of aromatic nitrogens is 1. The number of fused-ring (bicyclic) bond motifs is 1. The van der Waals surface area contributed by atoms with E-state index in [4.69, 9.17) is 5.73 Å². The van der Waals surface area contributed by atoms with Crippen LogP contribution in [0.4, 0.5) is 0 Å². The second kappa shape index (κ2) is 6.71. The van der Waals surface area contributed by atoms with Crippen molar-refractivity contribution in [2.24, 2.45) is 11.7 Å². The predicted molar refractivity (Wildman–Crippen MR) is 94.7 cm³/mol. The van der Waals surface area contributed by atoms with Crippen molar-refractivity contribution in [1.82, 2.24) is 4.57 Å². The summed E-state index contributed by atoms with van der Waals surface area (Å²) in [6.45, 7) is 4.95. The Hall–Kier alpha value is -1.87. The zero-order valence-electron chi connectivity index (χ0n) is 14.1. The van der Waals surface area contributed by atoms with Crippen molar-refractivity contribution in [3.8, 4) is 0 Å². The Morgan fingerprint density at radius 3 is 2.61 bits per heavy atom. The number of aryl methyl sites for hydroxylation is 2. The van der Waals surface area contributed by atoms with Gasteiger partial charge in [-0.3, -0.25) is 4.79 Å². The van der Waals surface area contributed by atoms with Crippen LogP contribution >= 0.6 is 0 Å². The fraction of sp³-hybridized carbons (Fsp3) is 0.450. The van der Waals surface area contributed by atoms with E-state index >= 15 is 0 Å². The molecule has 1 heterocycles. The Labute approximate surface area is 138 Å². The molecule has 0 saturated heterocycles. The van der Waals surface area contributed by atoms with E-state index < -0.39 is 0 Å². The highest BCUT2D eigenvalue weighted by Crippen LogP contribution is 2.25. The molecule has 23 heavy (non-hydrogen) atoms. The second-order valence-corrected chi connectivity index (χ2v) is 7.03. The highest BCUT2D eigenvalue weighted by molar-refractivity contribution is 5.38. The predicted octanol–water partition coefficient (Wildman–Crippen LogP) is 3.43. The van der Waals surface area contributed by atoms with E-state index in [1.807, 2.05) is 18.3 Å². The highest BCUT2D eigenvalue weighted by atomic mass is 16.1. The van der Waals surface area contributed by atoms with Crippen LogP contribution in [0.25, 0.3) is 0 Å². The van der Waals surface area contributed by atoms with E-state index in [2.05, 4.69) is 32.0 Å². The lowest BCUT2D eigenvalue weighted by Gasteiger charge is -2.20. The molecule has 0 bridgehead atoms. The summed E-state index contributed by atoms with van der Waals surface area (Å²) >= 11 is 0.